The Hall–Kier alpha value is 1.44. The molecule has 0 aliphatic rings. The minimum atomic E-state index is 0.224. The molecule has 0 N–H and O–H groups in total. The number of halogens is 1. The van der Waals surface area contributed by atoms with Crippen LogP contribution in [0.3, 0.4) is 0 Å². The molecule has 0 saturated carbocycles. The summed E-state index contributed by atoms with van der Waals surface area (Å²) in [6.45, 7) is 2.34. The van der Waals surface area contributed by atoms with Crippen LogP contribution in [0, 0.1) is 0 Å². The molecule has 0 radical (unpaired) electrons. The van der Waals surface area contributed by atoms with Gasteiger partial charge >= 0.3 is 54.9 Å². The van der Waals surface area contributed by atoms with Gasteiger partial charge in [-0.05, 0) is 0 Å². The Morgan fingerprint density at radius 2 is 2.50 bits per heavy atom. The van der Waals surface area contributed by atoms with E-state index in [4.69, 9.17) is 0 Å². The predicted molar refractivity (Wildman–Crippen MR) is 44.8 cm³/mol. The molecule has 0 aliphatic heterocycles. The molecule has 0 aromatic heterocycles. The fourth-order valence-electron chi connectivity index (χ4n) is 0.138. The molecule has 0 unspecified atom stereocenters. The first kappa shape index (κ1) is 7.44. The Kier molecular flexibility index (Phi) is 5.71. The summed E-state index contributed by atoms with van der Waals surface area (Å²) in [6.07, 6.45) is 3.30. The zero-order chi connectivity index (χ0) is 4.99. The molecule has 34 valence electrons. The van der Waals surface area contributed by atoms with E-state index in [-0.39, 0.29) is 6.47 Å². The summed E-state index contributed by atoms with van der Waals surface area (Å²) in [5.74, 6) is 0. The summed E-state index contributed by atoms with van der Waals surface area (Å²) in [5.41, 5.74) is 0. The van der Waals surface area contributed by atoms with Crippen LogP contribution in [-0.4, -0.2) is 6.15 Å². The van der Waals surface area contributed by atoms with E-state index in [0.29, 0.717) is 0 Å². The van der Waals surface area contributed by atoms with Crippen molar-refractivity contribution in [2.24, 2.45) is 0 Å². The second-order valence-electron chi connectivity index (χ2n) is 0.838. The van der Waals surface area contributed by atoms with Crippen molar-refractivity contribution < 1.29 is 0 Å². The van der Waals surface area contributed by atoms with Crippen LogP contribution in [0.25, 0.3) is 0 Å². The average molecular weight is 230 g/mol. The molecule has 0 amide bonds. The van der Waals surface area contributed by atoms with Crippen LogP contribution < -0.4 is 0 Å². The minimum absolute atomic E-state index is 0.224. The number of rotatable bonds is 1. The van der Waals surface area contributed by atoms with Gasteiger partial charge < -0.3 is 0 Å². The fourth-order valence-corrected chi connectivity index (χ4v) is 1.94. The molecule has 0 rings (SSSR count). The van der Waals surface area contributed by atoms with Crippen molar-refractivity contribution in [3.63, 3.8) is 0 Å². The van der Waals surface area contributed by atoms with E-state index in [9.17, 15) is 0 Å². The Balaban J connectivity index is 3.55. The van der Waals surface area contributed by atoms with Crippen molar-refractivity contribution in [2.75, 3.05) is 0 Å². The molecule has 0 atom stereocenters. The molecule has 0 spiro atoms. The number of hydrogen-bond acceptors (Lipinski definition) is 0. The van der Waals surface area contributed by atoms with Crippen LogP contribution in [0.5, 0.6) is 0 Å². The third-order valence-corrected chi connectivity index (χ3v) is 2.44. The van der Waals surface area contributed by atoms with E-state index in [1.807, 2.05) is 0 Å². The predicted octanol–water partition coefficient (Wildman–Crippen LogP) is 2.99. The molecular formula is C2H5BIPS. The van der Waals surface area contributed by atoms with Gasteiger partial charge in [0, 0.05) is 0 Å². The topological polar surface area (TPSA) is 0 Å². The van der Waals surface area contributed by atoms with Crippen LogP contribution in [0.2, 0.25) is 6.32 Å². The molecular weight excluding hydrogens is 225 g/mol. The van der Waals surface area contributed by atoms with Crippen LogP contribution in [0.1, 0.15) is 6.92 Å². The SMILES string of the molecule is CCB=S(#P)I. The van der Waals surface area contributed by atoms with Gasteiger partial charge in [0.25, 0.3) is 0 Å². The van der Waals surface area contributed by atoms with Crippen LogP contribution >= 0.6 is 35.5 Å². The summed E-state index contributed by atoms with van der Waals surface area (Å²) in [6, 6.07) is 0. The molecule has 0 bridgehead atoms. The third-order valence-electron chi connectivity index (χ3n) is 0.304. The monoisotopic (exact) mass is 230 g/mol. The first-order chi connectivity index (χ1) is 2.77. The van der Waals surface area contributed by atoms with E-state index in [1.54, 1.807) is 0 Å². The van der Waals surface area contributed by atoms with Crippen molar-refractivity contribution in [2.45, 2.75) is 13.2 Å². The molecule has 0 nitrogen and oxygen atoms in total. The summed E-state index contributed by atoms with van der Waals surface area (Å²) >= 11 is 2.28. The summed E-state index contributed by atoms with van der Waals surface area (Å²) in [4.78, 5) is 0. The van der Waals surface area contributed by atoms with Crippen molar-refractivity contribution >= 4 is 41.6 Å². The zero-order valence-electron chi connectivity index (χ0n) is 3.52. The van der Waals surface area contributed by atoms with Crippen molar-refractivity contribution in [1.29, 1.82) is 0 Å². The third kappa shape index (κ3) is 5.44. The molecule has 0 saturated heterocycles. The van der Waals surface area contributed by atoms with Crippen molar-refractivity contribution in [3.05, 3.63) is 0 Å². The molecule has 0 aromatic carbocycles. The fraction of sp³-hybridized carbons (Fsp3) is 1.00. The van der Waals surface area contributed by atoms with Crippen molar-refractivity contribution in [3.8, 4) is 0 Å². The standard InChI is InChI=1S/C2H5BIPS/c1-2-3-6(4)5/h2H2,1H3. The Labute approximate surface area is 54.8 Å². The molecule has 0 aliphatic carbocycles. The van der Waals surface area contributed by atoms with Gasteiger partial charge in [-0.15, -0.1) is 0 Å². The second-order valence-corrected chi connectivity index (χ2v) is 7.82. The van der Waals surface area contributed by atoms with Gasteiger partial charge in [-0.2, -0.15) is 0 Å². The van der Waals surface area contributed by atoms with E-state index in [2.05, 4.69) is 42.1 Å². The van der Waals surface area contributed by atoms with Crippen molar-refractivity contribution in [1.82, 2.24) is 0 Å². The normalized spacial score (nSPS) is 10.5. The average Bonchev–Trinajstić information content (AvgIpc) is 1.35. The van der Waals surface area contributed by atoms with Gasteiger partial charge in [0.15, 0.2) is 0 Å². The first-order valence-corrected chi connectivity index (χ1v) is 6.57. The molecule has 4 heteroatoms. The van der Waals surface area contributed by atoms with E-state index >= 15 is 0 Å². The maximum atomic E-state index is 4.14. The van der Waals surface area contributed by atoms with Crippen LogP contribution in [0.15, 0.2) is 0 Å². The van der Waals surface area contributed by atoms with Gasteiger partial charge in [0.05, 0.1) is 0 Å². The summed E-state index contributed by atoms with van der Waals surface area (Å²) < 4.78 is 0. The Bertz CT molecular complexity index is 135. The van der Waals surface area contributed by atoms with Gasteiger partial charge in [-0.1, -0.05) is 0 Å². The molecule has 6 heavy (non-hydrogen) atoms. The van der Waals surface area contributed by atoms with E-state index in [1.165, 1.54) is 0 Å². The first-order valence-electron chi connectivity index (χ1n) is 1.69. The molecule has 0 heterocycles. The van der Waals surface area contributed by atoms with Crippen LogP contribution in [-0.2, 0) is 0 Å². The zero-order valence-corrected chi connectivity index (χ0v) is 7.39. The maximum absolute atomic E-state index is 4.14. The second kappa shape index (κ2) is 4.60. The Morgan fingerprint density at radius 3 is 2.50 bits per heavy atom. The van der Waals surface area contributed by atoms with E-state index in [0.717, 1.165) is 6.32 Å². The molecule has 0 aromatic rings. The summed E-state index contributed by atoms with van der Waals surface area (Å²) in [7, 11) is 4.14. The van der Waals surface area contributed by atoms with Gasteiger partial charge in [-0.25, -0.2) is 0 Å². The Morgan fingerprint density at radius 1 is 2.00 bits per heavy atom. The van der Waals surface area contributed by atoms with Crippen LogP contribution in [0.4, 0.5) is 0 Å². The number of hydrogen-bond donors (Lipinski definition) is 0. The molecule has 0 fully saturated rings. The van der Waals surface area contributed by atoms with E-state index < -0.39 is 0 Å². The van der Waals surface area contributed by atoms with Gasteiger partial charge in [-0.3, -0.25) is 0 Å². The van der Waals surface area contributed by atoms with Gasteiger partial charge in [0.1, 0.15) is 0 Å². The quantitative estimate of drug-likeness (QED) is 0.369. The van der Waals surface area contributed by atoms with Gasteiger partial charge in [0.2, 0.25) is 0 Å². The summed E-state index contributed by atoms with van der Waals surface area (Å²) in [5, 5.41) is 0.